The molecule has 1 aromatic rings. The maximum absolute atomic E-state index is 12.5. The molecule has 25 heavy (non-hydrogen) atoms. The summed E-state index contributed by atoms with van der Waals surface area (Å²) in [7, 11) is -1.61. The van der Waals surface area contributed by atoms with Crippen molar-refractivity contribution in [2.45, 2.75) is 20.1 Å². The van der Waals surface area contributed by atoms with E-state index in [0.29, 0.717) is 11.5 Å². The Labute approximate surface area is 155 Å². The second-order valence-corrected chi connectivity index (χ2v) is 8.16. The number of nitrogens with zero attached hydrogens (tertiary/aromatic N) is 1. The molecule has 0 atom stereocenters. The summed E-state index contributed by atoms with van der Waals surface area (Å²) in [6.45, 7) is -1.26. The summed E-state index contributed by atoms with van der Waals surface area (Å²) in [4.78, 5) is 3.93. The Bertz CT molecular complexity index is 716. The second kappa shape index (κ2) is 9.98. The summed E-state index contributed by atoms with van der Waals surface area (Å²) in [5, 5.41) is 5.91. The number of aliphatic imine (C=N–C) groups is 1. The third kappa shape index (κ3) is 7.62. The number of nitrogens with one attached hydrogen (secondary N) is 2. The van der Waals surface area contributed by atoms with E-state index in [-0.39, 0.29) is 40.4 Å². The first-order chi connectivity index (χ1) is 11.7. The molecule has 11 heteroatoms. The molecule has 0 heterocycles. The van der Waals surface area contributed by atoms with Crippen LogP contribution in [0.4, 0.5) is 8.78 Å². The lowest BCUT2D eigenvalue weighted by molar-refractivity contribution is -0.0504. The van der Waals surface area contributed by atoms with Crippen LogP contribution in [0.15, 0.2) is 17.1 Å². The third-order valence-corrected chi connectivity index (χ3v) is 5.31. The van der Waals surface area contributed by atoms with E-state index in [1.807, 2.05) is 0 Å². The zero-order valence-corrected chi connectivity index (χ0v) is 16.0. The molecule has 0 unspecified atom stereocenters. The van der Waals surface area contributed by atoms with E-state index in [2.05, 4.69) is 20.4 Å². The van der Waals surface area contributed by atoms with Gasteiger partial charge < -0.3 is 15.4 Å². The molecule has 6 nitrogen and oxygen atoms in total. The number of alkyl halides is 2. The average Bonchev–Trinajstić information content (AvgIpc) is 2.53. The molecule has 0 saturated heterocycles. The molecule has 1 rings (SSSR count). The number of sulfone groups is 1. The maximum Gasteiger partial charge on any atom is 0.387 e. The number of rotatable bonds is 8. The van der Waals surface area contributed by atoms with Gasteiger partial charge in [-0.15, -0.1) is 0 Å². The van der Waals surface area contributed by atoms with Gasteiger partial charge in [-0.3, -0.25) is 4.99 Å². The first-order valence-corrected chi connectivity index (χ1v) is 9.84. The standard InChI is InChI=1S/C14H19Cl2F2N3O3S/c1-3-25(22,23)5-4-20-14(19-2)21-8-9-6-10(15)7-11(16)12(9)24-13(17)18/h6-7,13H,3-5,8H2,1-2H3,(H2,19,20,21). The van der Waals surface area contributed by atoms with Crippen LogP contribution in [0, 0.1) is 0 Å². The summed E-state index contributed by atoms with van der Waals surface area (Å²) < 4.78 is 52.4. The van der Waals surface area contributed by atoms with E-state index < -0.39 is 16.4 Å². The van der Waals surface area contributed by atoms with Gasteiger partial charge in [0.25, 0.3) is 0 Å². The Morgan fingerprint density at radius 2 is 2.00 bits per heavy atom. The van der Waals surface area contributed by atoms with Gasteiger partial charge in [-0.25, -0.2) is 8.42 Å². The second-order valence-electron chi connectivity index (χ2n) is 4.84. The molecule has 0 aliphatic heterocycles. The summed E-state index contributed by atoms with van der Waals surface area (Å²) in [5.41, 5.74) is 0.307. The molecule has 142 valence electrons. The number of hydrogen-bond donors (Lipinski definition) is 2. The van der Waals surface area contributed by atoms with Crippen molar-refractivity contribution in [3.63, 3.8) is 0 Å². The Morgan fingerprint density at radius 1 is 1.32 bits per heavy atom. The molecule has 0 spiro atoms. The van der Waals surface area contributed by atoms with E-state index in [0.717, 1.165) is 0 Å². The molecule has 0 bridgehead atoms. The fraction of sp³-hybridized carbons (Fsp3) is 0.500. The lowest BCUT2D eigenvalue weighted by atomic mass is 10.2. The van der Waals surface area contributed by atoms with Crippen LogP contribution in [-0.4, -0.2) is 46.1 Å². The predicted octanol–water partition coefficient (Wildman–Crippen LogP) is 2.69. The Morgan fingerprint density at radius 3 is 2.56 bits per heavy atom. The minimum atomic E-state index is -3.11. The van der Waals surface area contributed by atoms with Gasteiger partial charge in [-0.1, -0.05) is 30.1 Å². The predicted molar refractivity (Wildman–Crippen MR) is 95.6 cm³/mol. The fourth-order valence-electron chi connectivity index (χ4n) is 1.83. The van der Waals surface area contributed by atoms with Gasteiger partial charge in [-0.2, -0.15) is 8.78 Å². The number of ether oxygens (including phenoxy) is 1. The van der Waals surface area contributed by atoms with E-state index in [1.54, 1.807) is 6.92 Å². The van der Waals surface area contributed by atoms with Crippen molar-refractivity contribution in [1.82, 2.24) is 10.6 Å². The molecule has 1 aromatic carbocycles. The first-order valence-electron chi connectivity index (χ1n) is 7.26. The van der Waals surface area contributed by atoms with Crippen LogP contribution in [0.5, 0.6) is 5.75 Å². The smallest absolute Gasteiger partial charge is 0.387 e. The van der Waals surface area contributed by atoms with E-state index in [1.165, 1.54) is 19.2 Å². The minimum absolute atomic E-state index is 0.0402. The molecule has 0 aromatic heterocycles. The van der Waals surface area contributed by atoms with Gasteiger partial charge in [0.2, 0.25) is 0 Å². The first kappa shape index (κ1) is 21.7. The minimum Gasteiger partial charge on any atom is -0.433 e. The van der Waals surface area contributed by atoms with Gasteiger partial charge in [0.05, 0.1) is 10.8 Å². The van der Waals surface area contributed by atoms with Gasteiger partial charge >= 0.3 is 6.61 Å². The highest BCUT2D eigenvalue weighted by Crippen LogP contribution is 2.33. The molecule has 0 fully saturated rings. The van der Waals surface area contributed by atoms with Gasteiger partial charge in [0, 0.05) is 36.5 Å². The van der Waals surface area contributed by atoms with Crippen LogP contribution in [-0.2, 0) is 16.4 Å². The highest BCUT2D eigenvalue weighted by molar-refractivity contribution is 7.91. The van der Waals surface area contributed by atoms with E-state index in [9.17, 15) is 17.2 Å². The van der Waals surface area contributed by atoms with E-state index >= 15 is 0 Å². The molecule has 0 amide bonds. The lowest BCUT2D eigenvalue weighted by Gasteiger charge is -2.16. The molecule has 0 aliphatic rings. The van der Waals surface area contributed by atoms with Crippen LogP contribution in [0.3, 0.4) is 0 Å². The monoisotopic (exact) mass is 417 g/mol. The van der Waals surface area contributed by atoms with Gasteiger partial charge in [0.1, 0.15) is 5.75 Å². The summed E-state index contributed by atoms with van der Waals surface area (Å²) in [6.07, 6.45) is 0. The van der Waals surface area contributed by atoms with Crippen LogP contribution >= 0.6 is 23.2 Å². The molecular weight excluding hydrogens is 399 g/mol. The van der Waals surface area contributed by atoms with Crippen molar-refractivity contribution in [2.24, 2.45) is 4.99 Å². The highest BCUT2D eigenvalue weighted by atomic mass is 35.5. The number of halogens is 4. The Kier molecular flexibility index (Phi) is 8.67. The third-order valence-electron chi connectivity index (χ3n) is 3.11. The van der Waals surface area contributed by atoms with Crippen LogP contribution in [0.2, 0.25) is 10.0 Å². The molecular formula is C14H19Cl2F2N3O3S. The number of benzene rings is 1. The summed E-state index contributed by atoms with van der Waals surface area (Å²) in [6, 6.07) is 2.74. The van der Waals surface area contributed by atoms with Crippen molar-refractivity contribution in [1.29, 1.82) is 0 Å². The van der Waals surface area contributed by atoms with Crippen molar-refractivity contribution in [2.75, 3.05) is 25.1 Å². The zero-order valence-electron chi connectivity index (χ0n) is 13.7. The fourth-order valence-corrected chi connectivity index (χ4v) is 3.12. The van der Waals surface area contributed by atoms with Crippen LogP contribution in [0.1, 0.15) is 12.5 Å². The average molecular weight is 418 g/mol. The van der Waals surface area contributed by atoms with Crippen LogP contribution in [0.25, 0.3) is 0 Å². The summed E-state index contributed by atoms with van der Waals surface area (Å²) >= 11 is 11.8. The van der Waals surface area contributed by atoms with Crippen molar-refractivity contribution < 1.29 is 21.9 Å². The molecule has 2 N–H and O–H groups in total. The Balaban J connectivity index is 2.75. The topological polar surface area (TPSA) is 79.8 Å². The van der Waals surface area contributed by atoms with Gasteiger partial charge in [-0.05, 0) is 12.1 Å². The number of hydrogen-bond acceptors (Lipinski definition) is 4. The normalized spacial score (nSPS) is 12.4. The maximum atomic E-state index is 12.5. The summed E-state index contributed by atoms with van der Waals surface area (Å²) in [5.74, 6) is 0.117. The molecule has 0 saturated carbocycles. The lowest BCUT2D eigenvalue weighted by Crippen LogP contribution is -2.39. The van der Waals surface area contributed by atoms with Gasteiger partial charge in [0.15, 0.2) is 15.8 Å². The quantitative estimate of drug-likeness (QED) is 0.502. The molecule has 0 radical (unpaired) electrons. The van der Waals surface area contributed by atoms with Crippen molar-refractivity contribution in [3.8, 4) is 5.75 Å². The van der Waals surface area contributed by atoms with Crippen molar-refractivity contribution >= 4 is 39.0 Å². The largest absolute Gasteiger partial charge is 0.433 e. The zero-order chi connectivity index (χ0) is 19.0. The number of guanidine groups is 1. The van der Waals surface area contributed by atoms with E-state index in [4.69, 9.17) is 23.2 Å². The Hall–Kier alpha value is -1.32. The van der Waals surface area contributed by atoms with Crippen molar-refractivity contribution in [3.05, 3.63) is 27.7 Å². The SMILES string of the molecule is CCS(=O)(=O)CCNC(=NC)NCc1cc(Cl)cc(Cl)c1OC(F)F. The molecule has 0 aliphatic carbocycles. The van der Waals surface area contributed by atoms with Crippen LogP contribution < -0.4 is 15.4 Å². The highest BCUT2D eigenvalue weighted by Gasteiger charge is 2.15.